The fourth-order valence-electron chi connectivity index (χ4n) is 2.87. The van der Waals surface area contributed by atoms with E-state index in [9.17, 15) is 4.79 Å². The van der Waals surface area contributed by atoms with Gasteiger partial charge in [0.05, 0.1) is 5.92 Å². The van der Waals surface area contributed by atoms with Crippen LogP contribution in [0.5, 0.6) is 11.5 Å². The van der Waals surface area contributed by atoms with Crippen molar-refractivity contribution >= 4 is 5.91 Å². The lowest BCUT2D eigenvalue weighted by Gasteiger charge is -2.23. The summed E-state index contributed by atoms with van der Waals surface area (Å²) in [7, 11) is 1.86. The molecule has 2 atom stereocenters. The van der Waals surface area contributed by atoms with Gasteiger partial charge < -0.3 is 19.7 Å². The maximum atomic E-state index is 12.4. The minimum Gasteiger partial charge on any atom is -0.454 e. The SMILES string of the molecule is CC1NCCC1C(=O)N(C)Cc1ccc2c(c1)OCO2. The molecule has 5 heteroatoms. The second-order valence-electron chi connectivity index (χ2n) is 5.52. The van der Waals surface area contributed by atoms with Crippen molar-refractivity contribution in [1.82, 2.24) is 10.2 Å². The van der Waals surface area contributed by atoms with Crippen molar-refractivity contribution in [3.63, 3.8) is 0 Å². The Kier molecular flexibility index (Phi) is 3.53. The molecule has 2 unspecified atom stereocenters. The van der Waals surface area contributed by atoms with E-state index in [4.69, 9.17) is 9.47 Å². The molecule has 1 fully saturated rings. The van der Waals surface area contributed by atoms with Crippen molar-refractivity contribution in [2.24, 2.45) is 5.92 Å². The molecule has 0 aromatic heterocycles. The Morgan fingerprint density at radius 2 is 2.20 bits per heavy atom. The number of carbonyl (C=O) groups is 1. The Labute approximate surface area is 118 Å². The lowest BCUT2D eigenvalue weighted by atomic mass is 10.0. The number of ether oxygens (including phenoxy) is 2. The fraction of sp³-hybridized carbons (Fsp3) is 0.533. The van der Waals surface area contributed by atoms with Crippen molar-refractivity contribution in [3.05, 3.63) is 23.8 Å². The zero-order valence-electron chi connectivity index (χ0n) is 11.9. The summed E-state index contributed by atoms with van der Waals surface area (Å²) in [4.78, 5) is 14.2. The molecule has 5 nitrogen and oxygen atoms in total. The number of fused-ring (bicyclic) bond motifs is 1. The number of carbonyl (C=O) groups excluding carboxylic acids is 1. The lowest BCUT2D eigenvalue weighted by molar-refractivity contribution is -0.134. The van der Waals surface area contributed by atoms with Crippen LogP contribution in [0, 0.1) is 5.92 Å². The highest BCUT2D eigenvalue weighted by Crippen LogP contribution is 2.32. The first-order valence-electron chi connectivity index (χ1n) is 7.02. The molecular weight excluding hydrogens is 256 g/mol. The summed E-state index contributed by atoms with van der Waals surface area (Å²) in [6, 6.07) is 6.09. The molecule has 1 amide bonds. The van der Waals surface area contributed by atoms with Gasteiger partial charge in [-0.1, -0.05) is 6.07 Å². The summed E-state index contributed by atoms with van der Waals surface area (Å²) in [5, 5.41) is 3.32. The normalized spacial score (nSPS) is 23.9. The molecule has 3 rings (SSSR count). The first kappa shape index (κ1) is 13.2. The highest BCUT2D eigenvalue weighted by molar-refractivity contribution is 5.79. The fourth-order valence-corrected chi connectivity index (χ4v) is 2.87. The Balaban J connectivity index is 1.66. The highest BCUT2D eigenvalue weighted by Gasteiger charge is 2.31. The van der Waals surface area contributed by atoms with Crippen molar-refractivity contribution in [2.75, 3.05) is 20.4 Å². The van der Waals surface area contributed by atoms with Crippen LogP contribution in [0.4, 0.5) is 0 Å². The van der Waals surface area contributed by atoms with Crippen LogP contribution < -0.4 is 14.8 Å². The zero-order chi connectivity index (χ0) is 14.1. The highest BCUT2D eigenvalue weighted by atomic mass is 16.7. The third-order valence-electron chi connectivity index (χ3n) is 4.08. The number of nitrogens with zero attached hydrogens (tertiary/aromatic N) is 1. The van der Waals surface area contributed by atoms with Gasteiger partial charge in [0.1, 0.15) is 0 Å². The van der Waals surface area contributed by atoms with Crippen LogP contribution in [-0.2, 0) is 11.3 Å². The molecule has 0 saturated carbocycles. The van der Waals surface area contributed by atoms with E-state index >= 15 is 0 Å². The molecule has 0 spiro atoms. The van der Waals surface area contributed by atoms with Gasteiger partial charge in [0.2, 0.25) is 12.7 Å². The number of hydrogen-bond acceptors (Lipinski definition) is 4. The van der Waals surface area contributed by atoms with Crippen molar-refractivity contribution < 1.29 is 14.3 Å². The van der Waals surface area contributed by atoms with Crippen LogP contribution in [-0.4, -0.2) is 37.2 Å². The van der Waals surface area contributed by atoms with Gasteiger partial charge in [-0.25, -0.2) is 0 Å². The topological polar surface area (TPSA) is 50.8 Å². The summed E-state index contributed by atoms with van der Waals surface area (Å²) in [6.07, 6.45) is 0.922. The van der Waals surface area contributed by atoms with Gasteiger partial charge in [-0.2, -0.15) is 0 Å². The predicted octanol–water partition coefficient (Wildman–Crippen LogP) is 1.37. The van der Waals surface area contributed by atoms with Gasteiger partial charge in [0.25, 0.3) is 0 Å². The number of hydrogen-bond donors (Lipinski definition) is 1. The average molecular weight is 276 g/mol. The third-order valence-corrected chi connectivity index (χ3v) is 4.08. The van der Waals surface area contributed by atoms with E-state index in [2.05, 4.69) is 12.2 Å². The molecule has 1 N–H and O–H groups in total. The molecule has 1 saturated heterocycles. The standard InChI is InChI=1S/C15H20N2O3/c1-10-12(5-6-16-10)15(18)17(2)8-11-3-4-13-14(7-11)20-9-19-13/h3-4,7,10,12,16H,5-6,8-9H2,1-2H3. The third kappa shape index (κ3) is 2.45. The average Bonchev–Trinajstić information content (AvgIpc) is 3.05. The minimum absolute atomic E-state index is 0.0917. The van der Waals surface area contributed by atoms with Gasteiger partial charge >= 0.3 is 0 Å². The van der Waals surface area contributed by atoms with E-state index in [1.807, 2.05) is 25.2 Å². The molecule has 1 aromatic rings. The van der Waals surface area contributed by atoms with Crippen molar-refractivity contribution in [3.8, 4) is 11.5 Å². The Bertz CT molecular complexity index is 518. The molecule has 2 heterocycles. The van der Waals surface area contributed by atoms with Crippen LogP contribution in [0.15, 0.2) is 18.2 Å². The van der Waals surface area contributed by atoms with Gasteiger partial charge in [0.15, 0.2) is 11.5 Å². The Morgan fingerprint density at radius 1 is 1.40 bits per heavy atom. The summed E-state index contributed by atoms with van der Waals surface area (Å²) < 4.78 is 10.7. The predicted molar refractivity (Wildman–Crippen MR) is 74.6 cm³/mol. The molecule has 2 aliphatic heterocycles. The molecule has 20 heavy (non-hydrogen) atoms. The Morgan fingerprint density at radius 3 is 2.95 bits per heavy atom. The molecule has 1 aromatic carbocycles. The van der Waals surface area contributed by atoms with Crippen molar-refractivity contribution in [2.45, 2.75) is 25.9 Å². The lowest BCUT2D eigenvalue weighted by Crippen LogP contribution is -2.37. The van der Waals surface area contributed by atoms with Crippen LogP contribution in [0.3, 0.4) is 0 Å². The van der Waals surface area contributed by atoms with Crippen molar-refractivity contribution in [1.29, 1.82) is 0 Å². The molecular formula is C15H20N2O3. The van der Waals surface area contributed by atoms with Gasteiger partial charge in [-0.05, 0) is 37.6 Å². The molecule has 2 aliphatic rings. The summed E-state index contributed by atoms with van der Waals surface area (Å²) in [5.41, 5.74) is 1.06. The molecule has 0 radical (unpaired) electrons. The van der Waals surface area contributed by atoms with Gasteiger partial charge in [-0.15, -0.1) is 0 Å². The summed E-state index contributed by atoms with van der Waals surface area (Å²) in [5.74, 6) is 1.84. The molecule has 0 bridgehead atoms. The minimum atomic E-state index is 0.0917. The van der Waals surface area contributed by atoms with Crippen LogP contribution >= 0.6 is 0 Å². The van der Waals surface area contributed by atoms with E-state index in [1.165, 1.54) is 0 Å². The van der Waals surface area contributed by atoms with Crippen LogP contribution in [0.2, 0.25) is 0 Å². The maximum Gasteiger partial charge on any atom is 0.231 e. The van der Waals surface area contributed by atoms with E-state index in [0.717, 1.165) is 30.0 Å². The largest absolute Gasteiger partial charge is 0.454 e. The summed E-state index contributed by atoms with van der Waals surface area (Å²) >= 11 is 0. The van der Waals surface area contributed by atoms with Gasteiger partial charge in [0, 0.05) is 19.6 Å². The number of amides is 1. The smallest absolute Gasteiger partial charge is 0.231 e. The number of benzene rings is 1. The quantitative estimate of drug-likeness (QED) is 0.906. The van der Waals surface area contributed by atoms with Crippen LogP contribution in [0.1, 0.15) is 18.9 Å². The van der Waals surface area contributed by atoms with E-state index in [0.29, 0.717) is 6.54 Å². The van der Waals surface area contributed by atoms with E-state index in [-0.39, 0.29) is 24.7 Å². The van der Waals surface area contributed by atoms with Crippen LogP contribution in [0.25, 0.3) is 0 Å². The maximum absolute atomic E-state index is 12.4. The first-order chi connectivity index (χ1) is 9.65. The van der Waals surface area contributed by atoms with Gasteiger partial charge in [-0.3, -0.25) is 4.79 Å². The zero-order valence-corrected chi connectivity index (χ0v) is 11.9. The summed E-state index contributed by atoms with van der Waals surface area (Å²) in [6.45, 7) is 3.87. The molecule has 108 valence electrons. The first-order valence-corrected chi connectivity index (χ1v) is 7.02. The molecule has 0 aliphatic carbocycles. The second kappa shape index (κ2) is 5.32. The van der Waals surface area contributed by atoms with E-state index < -0.39 is 0 Å². The Hall–Kier alpha value is -1.75. The van der Waals surface area contributed by atoms with E-state index in [1.54, 1.807) is 4.90 Å². The number of rotatable bonds is 3. The monoisotopic (exact) mass is 276 g/mol. The second-order valence-corrected chi connectivity index (χ2v) is 5.52. The number of nitrogens with one attached hydrogen (secondary N) is 1.